The molecule has 0 radical (unpaired) electrons. The number of phenolic OH excluding ortho intramolecular Hbond substituents is 1. The Kier molecular flexibility index (Phi) is 8.31. The van der Waals surface area contributed by atoms with Crippen LogP contribution < -0.4 is 10.6 Å². The van der Waals surface area contributed by atoms with Gasteiger partial charge < -0.3 is 15.7 Å². The van der Waals surface area contributed by atoms with E-state index >= 15 is 0 Å². The summed E-state index contributed by atoms with van der Waals surface area (Å²) in [5.74, 6) is 1.01. The number of halogens is 1. The lowest BCUT2D eigenvalue weighted by atomic mass is 10.1. The summed E-state index contributed by atoms with van der Waals surface area (Å²) in [5.41, 5.74) is 3.22. The normalized spacial score (nSPS) is 12.1. The van der Waals surface area contributed by atoms with Crippen LogP contribution in [-0.2, 0) is 6.54 Å². The Hall–Kier alpha value is -2.55. The molecule has 0 aliphatic rings. The molecule has 3 aromatic rings. The van der Waals surface area contributed by atoms with E-state index in [-0.39, 0.29) is 35.8 Å². The molecule has 7 heteroatoms. The number of hydrogen-bond acceptors (Lipinski definition) is 3. The highest BCUT2D eigenvalue weighted by molar-refractivity contribution is 14.0. The number of nitrogens with zero attached hydrogens (tertiary/aromatic N) is 3. The molecular formula is C21H26IN5O. The van der Waals surface area contributed by atoms with Gasteiger partial charge in [0.15, 0.2) is 5.96 Å². The van der Waals surface area contributed by atoms with Crippen LogP contribution in [0.5, 0.6) is 5.75 Å². The van der Waals surface area contributed by atoms with Crippen LogP contribution in [0.15, 0.2) is 72.0 Å². The lowest BCUT2D eigenvalue weighted by molar-refractivity contribution is 0.475. The van der Waals surface area contributed by atoms with E-state index in [1.54, 1.807) is 18.3 Å². The Balaban J connectivity index is 0.00000280. The van der Waals surface area contributed by atoms with E-state index in [9.17, 15) is 5.11 Å². The molecule has 0 amide bonds. The largest absolute Gasteiger partial charge is 0.508 e. The third-order valence-electron chi connectivity index (χ3n) is 4.19. The van der Waals surface area contributed by atoms with Crippen molar-refractivity contribution in [3.05, 3.63) is 78.1 Å². The van der Waals surface area contributed by atoms with E-state index in [0.717, 1.165) is 29.3 Å². The molecular weight excluding hydrogens is 465 g/mol. The first-order valence-corrected chi connectivity index (χ1v) is 9.08. The number of hydrogen-bond donors (Lipinski definition) is 3. The van der Waals surface area contributed by atoms with Gasteiger partial charge in [0.1, 0.15) is 5.75 Å². The van der Waals surface area contributed by atoms with Crippen molar-refractivity contribution < 1.29 is 5.11 Å². The topological polar surface area (TPSA) is 74.5 Å². The lowest BCUT2D eigenvalue weighted by Gasteiger charge is -2.19. The van der Waals surface area contributed by atoms with Crippen molar-refractivity contribution in [3.63, 3.8) is 0 Å². The Morgan fingerprint density at radius 2 is 1.96 bits per heavy atom. The number of phenols is 1. The number of guanidine groups is 1. The number of aliphatic imine (C=N–C) groups is 1. The second-order valence-electron chi connectivity index (χ2n) is 6.27. The van der Waals surface area contributed by atoms with Crippen molar-refractivity contribution in [2.75, 3.05) is 6.54 Å². The van der Waals surface area contributed by atoms with Gasteiger partial charge in [0.2, 0.25) is 0 Å². The van der Waals surface area contributed by atoms with Crippen LogP contribution in [0.25, 0.3) is 5.69 Å². The summed E-state index contributed by atoms with van der Waals surface area (Å²) in [7, 11) is 0. The van der Waals surface area contributed by atoms with Crippen LogP contribution in [0.2, 0.25) is 0 Å². The van der Waals surface area contributed by atoms with Crippen LogP contribution >= 0.6 is 24.0 Å². The monoisotopic (exact) mass is 491 g/mol. The van der Waals surface area contributed by atoms with Gasteiger partial charge >= 0.3 is 0 Å². The zero-order chi connectivity index (χ0) is 19.1. The van der Waals surface area contributed by atoms with Gasteiger partial charge in [-0.2, -0.15) is 5.10 Å². The van der Waals surface area contributed by atoms with Crippen molar-refractivity contribution in [2.45, 2.75) is 26.4 Å². The summed E-state index contributed by atoms with van der Waals surface area (Å²) >= 11 is 0. The molecule has 1 atom stereocenters. The molecule has 0 fully saturated rings. The fourth-order valence-corrected chi connectivity index (χ4v) is 2.74. The zero-order valence-corrected chi connectivity index (χ0v) is 18.4. The summed E-state index contributed by atoms with van der Waals surface area (Å²) in [5, 5.41) is 20.4. The maximum atomic E-state index is 9.39. The maximum absolute atomic E-state index is 9.39. The van der Waals surface area contributed by atoms with Crippen LogP contribution in [0.1, 0.15) is 31.0 Å². The van der Waals surface area contributed by atoms with Gasteiger partial charge in [0.25, 0.3) is 0 Å². The number of aromatic nitrogens is 2. The summed E-state index contributed by atoms with van der Waals surface area (Å²) < 4.78 is 1.85. The molecule has 0 bridgehead atoms. The van der Waals surface area contributed by atoms with Crippen molar-refractivity contribution in [1.82, 2.24) is 20.4 Å². The highest BCUT2D eigenvalue weighted by atomic mass is 127. The summed E-state index contributed by atoms with van der Waals surface area (Å²) in [6, 6.07) is 17.4. The van der Waals surface area contributed by atoms with Gasteiger partial charge in [-0.25, -0.2) is 9.67 Å². The number of aromatic hydroxyl groups is 1. The molecule has 0 spiro atoms. The summed E-state index contributed by atoms with van der Waals surface area (Å²) in [6.07, 6.45) is 3.70. The molecule has 1 heterocycles. The van der Waals surface area contributed by atoms with Gasteiger partial charge in [0.05, 0.1) is 18.3 Å². The van der Waals surface area contributed by atoms with Gasteiger partial charge in [-0.15, -0.1) is 24.0 Å². The highest BCUT2D eigenvalue weighted by Crippen LogP contribution is 2.16. The molecule has 28 heavy (non-hydrogen) atoms. The molecule has 0 aliphatic carbocycles. The molecule has 6 nitrogen and oxygen atoms in total. The second kappa shape index (κ2) is 10.7. The first kappa shape index (κ1) is 21.7. The predicted octanol–water partition coefficient (Wildman–Crippen LogP) is 4.01. The molecule has 1 aromatic heterocycles. The fourth-order valence-electron chi connectivity index (χ4n) is 2.74. The molecule has 0 aliphatic heterocycles. The standard InChI is InChI=1S/C21H25N5O.HI/c1-3-22-21(23-15-17-8-10-20(27)11-9-17)25-16(2)18-6-4-7-19(14-18)26-13-5-12-24-26;/h4-14,16,27H,3,15H2,1-2H3,(H2,22,23,25);1H. The average Bonchev–Trinajstić information content (AvgIpc) is 3.22. The van der Waals surface area contributed by atoms with Crippen LogP contribution in [0, 0.1) is 0 Å². The fraction of sp³-hybridized carbons (Fsp3) is 0.238. The summed E-state index contributed by atoms with van der Waals surface area (Å²) in [4.78, 5) is 4.65. The average molecular weight is 491 g/mol. The Morgan fingerprint density at radius 1 is 1.18 bits per heavy atom. The van der Waals surface area contributed by atoms with Crippen LogP contribution in [-0.4, -0.2) is 27.4 Å². The Bertz CT molecular complexity index is 878. The molecule has 148 valence electrons. The van der Waals surface area contributed by atoms with Gasteiger partial charge in [0, 0.05) is 18.9 Å². The summed E-state index contributed by atoms with van der Waals surface area (Å²) in [6.45, 7) is 5.47. The lowest BCUT2D eigenvalue weighted by Crippen LogP contribution is -2.38. The number of nitrogens with one attached hydrogen (secondary N) is 2. The smallest absolute Gasteiger partial charge is 0.192 e. The van der Waals surface area contributed by atoms with Crippen LogP contribution in [0.4, 0.5) is 0 Å². The molecule has 0 saturated heterocycles. The second-order valence-corrected chi connectivity index (χ2v) is 6.27. The van der Waals surface area contributed by atoms with Gasteiger partial charge in [-0.1, -0.05) is 24.3 Å². The molecule has 3 rings (SSSR count). The van der Waals surface area contributed by atoms with E-state index < -0.39 is 0 Å². The van der Waals surface area contributed by atoms with Crippen molar-refractivity contribution >= 4 is 29.9 Å². The molecule has 0 saturated carbocycles. The third-order valence-corrected chi connectivity index (χ3v) is 4.19. The third kappa shape index (κ3) is 5.98. The van der Waals surface area contributed by atoms with Crippen LogP contribution in [0.3, 0.4) is 0 Å². The predicted molar refractivity (Wildman–Crippen MR) is 123 cm³/mol. The van der Waals surface area contributed by atoms with Gasteiger partial charge in [-0.3, -0.25) is 0 Å². The minimum absolute atomic E-state index is 0. The van der Waals surface area contributed by atoms with Crippen molar-refractivity contribution in [2.24, 2.45) is 4.99 Å². The molecule has 3 N–H and O–H groups in total. The van der Waals surface area contributed by atoms with E-state index in [0.29, 0.717) is 6.54 Å². The molecule has 1 unspecified atom stereocenters. The SMILES string of the molecule is CCNC(=NCc1ccc(O)cc1)NC(C)c1cccc(-n2cccn2)c1.I. The first-order valence-electron chi connectivity index (χ1n) is 9.08. The minimum Gasteiger partial charge on any atom is -0.508 e. The zero-order valence-electron chi connectivity index (χ0n) is 16.0. The maximum Gasteiger partial charge on any atom is 0.192 e. The minimum atomic E-state index is 0. The molecule has 2 aromatic carbocycles. The van der Waals surface area contributed by atoms with E-state index in [1.165, 1.54) is 0 Å². The quantitative estimate of drug-likeness (QED) is 0.277. The Labute approximate surface area is 182 Å². The first-order chi connectivity index (χ1) is 13.2. The number of rotatable bonds is 6. The van der Waals surface area contributed by atoms with E-state index in [4.69, 9.17) is 0 Å². The van der Waals surface area contributed by atoms with Gasteiger partial charge in [-0.05, 0) is 55.3 Å². The van der Waals surface area contributed by atoms with E-state index in [1.807, 2.05) is 48.1 Å². The van der Waals surface area contributed by atoms with Crippen molar-refractivity contribution in [1.29, 1.82) is 0 Å². The van der Waals surface area contributed by atoms with Crippen molar-refractivity contribution in [3.8, 4) is 11.4 Å². The highest BCUT2D eigenvalue weighted by Gasteiger charge is 2.09. The Morgan fingerprint density at radius 3 is 2.64 bits per heavy atom. The van der Waals surface area contributed by atoms with E-state index in [2.05, 4.69) is 39.8 Å². The number of benzene rings is 2.